The molecule has 0 aliphatic rings. The number of hydrogen-bond donors (Lipinski definition) is 2. The van der Waals surface area contributed by atoms with Crippen LogP contribution in [0.5, 0.6) is 0 Å². The summed E-state index contributed by atoms with van der Waals surface area (Å²) in [7, 11) is 2.04. The number of benzene rings is 1. The lowest BCUT2D eigenvalue weighted by molar-refractivity contribution is 0.0949. The summed E-state index contributed by atoms with van der Waals surface area (Å²) in [5.41, 5.74) is 4.53. The van der Waals surface area contributed by atoms with Crippen LogP contribution in [0.2, 0.25) is 0 Å². The molecule has 2 N–H and O–H groups in total. The summed E-state index contributed by atoms with van der Waals surface area (Å²) >= 11 is 0. The first-order valence-electron chi connectivity index (χ1n) is 8.49. The van der Waals surface area contributed by atoms with Crippen LogP contribution in [0.15, 0.2) is 61.1 Å². The maximum atomic E-state index is 12.3. The monoisotopic (exact) mass is 345 g/mol. The lowest BCUT2D eigenvalue weighted by atomic mass is 10.1. The molecular weight excluding hydrogens is 326 g/mol. The lowest BCUT2D eigenvalue weighted by Crippen LogP contribution is -2.25. The lowest BCUT2D eigenvalue weighted by Gasteiger charge is -2.03. The Bertz CT molecular complexity index is 1050. The van der Waals surface area contributed by atoms with E-state index >= 15 is 0 Å². The van der Waals surface area contributed by atoms with Gasteiger partial charge in [0.15, 0.2) is 0 Å². The molecule has 0 radical (unpaired) electrons. The summed E-state index contributed by atoms with van der Waals surface area (Å²) in [5, 5.41) is 11.2. The summed E-state index contributed by atoms with van der Waals surface area (Å²) in [6, 6.07) is 13.8. The number of amides is 1. The van der Waals surface area contributed by atoms with Gasteiger partial charge in [0.1, 0.15) is 5.69 Å². The number of H-pyrrole nitrogens is 1. The molecule has 0 aliphatic carbocycles. The van der Waals surface area contributed by atoms with Crippen molar-refractivity contribution >= 4 is 16.8 Å². The van der Waals surface area contributed by atoms with Crippen molar-refractivity contribution in [2.75, 3.05) is 6.54 Å². The van der Waals surface area contributed by atoms with E-state index in [-0.39, 0.29) is 5.91 Å². The number of rotatable bonds is 5. The van der Waals surface area contributed by atoms with Crippen LogP contribution >= 0.6 is 0 Å². The van der Waals surface area contributed by atoms with Gasteiger partial charge in [0.2, 0.25) is 0 Å². The maximum absolute atomic E-state index is 12.3. The standard InChI is InChI=1S/C20H19N5O/c1-25-13-15(16-4-2-3-5-19(16)25)8-11-22-20(26)18-12-17(23-24-18)14-6-9-21-10-7-14/h2-7,9-10,12-13H,8,11H2,1H3,(H,22,26)(H,23,24). The van der Waals surface area contributed by atoms with Crippen molar-refractivity contribution in [3.05, 3.63) is 72.3 Å². The number of aryl methyl sites for hydroxylation is 1. The minimum atomic E-state index is -0.155. The third kappa shape index (κ3) is 3.09. The molecule has 0 atom stereocenters. The molecule has 6 nitrogen and oxygen atoms in total. The van der Waals surface area contributed by atoms with E-state index in [1.54, 1.807) is 18.5 Å². The molecule has 0 spiro atoms. The van der Waals surface area contributed by atoms with Crippen molar-refractivity contribution in [3.63, 3.8) is 0 Å². The number of carbonyl (C=O) groups excluding carboxylic acids is 1. The average Bonchev–Trinajstić information content (AvgIpc) is 3.29. The van der Waals surface area contributed by atoms with Gasteiger partial charge in [0.25, 0.3) is 5.91 Å². The molecule has 130 valence electrons. The Morgan fingerprint density at radius 1 is 1.19 bits per heavy atom. The summed E-state index contributed by atoms with van der Waals surface area (Å²) in [6.07, 6.45) is 6.30. The highest BCUT2D eigenvalue weighted by Gasteiger charge is 2.11. The van der Waals surface area contributed by atoms with E-state index in [0.717, 1.165) is 17.7 Å². The molecule has 4 aromatic rings. The molecule has 1 amide bonds. The summed E-state index contributed by atoms with van der Waals surface area (Å²) in [6.45, 7) is 0.566. The Kier molecular flexibility index (Phi) is 4.23. The van der Waals surface area contributed by atoms with Gasteiger partial charge in [-0.1, -0.05) is 18.2 Å². The Balaban J connectivity index is 1.41. The van der Waals surface area contributed by atoms with Crippen LogP contribution < -0.4 is 5.32 Å². The predicted octanol–water partition coefficient (Wildman–Crippen LogP) is 2.94. The molecule has 0 unspecified atom stereocenters. The topological polar surface area (TPSA) is 75.6 Å². The Morgan fingerprint density at radius 3 is 2.85 bits per heavy atom. The Labute approximate surface area is 150 Å². The highest BCUT2D eigenvalue weighted by Crippen LogP contribution is 2.20. The summed E-state index contributed by atoms with van der Waals surface area (Å²) in [4.78, 5) is 16.3. The van der Waals surface area contributed by atoms with E-state index in [1.807, 2.05) is 31.3 Å². The fraction of sp³-hybridized carbons (Fsp3) is 0.150. The molecule has 1 aromatic carbocycles. The van der Waals surface area contributed by atoms with Crippen LogP contribution in [0.1, 0.15) is 16.1 Å². The smallest absolute Gasteiger partial charge is 0.269 e. The van der Waals surface area contributed by atoms with Crippen LogP contribution in [0.25, 0.3) is 22.2 Å². The number of aromatic nitrogens is 4. The third-order valence-electron chi connectivity index (χ3n) is 4.46. The number of hydrogen-bond acceptors (Lipinski definition) is 3. The van der Waals surface area contributed by atoms with Gasteiger partial charge in [-0.05, 0) is 36.2 Å². The number of nitrogens with zero attached hydrogens (tertiary/aromatic N) is 3. The first-order valence-corrected chi connectivity index (χ1v) is 8.49. The molecule has 0 saturated carbocycles. The van der Waals surface area contributed by atoms with Crippen LogP contribution in [0.4, 0.5) is 0 Å². The van der Waals surface area contributed by atoms with Gasteiger partial charge in [-0.2, -0.15) is 5.10 Å². The minimum absolute atomic E-state index is 0.155. The molecule has 3 aromatic heterocycles. The molecule has 0 fully saturated rings. The SMILES string of the molecule is Cn1cc(CCNC(=O)c2cc(-c3ccncc3)n[nH]2)c2ccccc21. The van der Waals surface area contributed by atoms with E-state index in [4.69, 9.17) is 0 Å². The quantitative estimate of drug-likeness (QED) is 0.584. The fourth-order valence-corrected chi connectivity index (χ4v) is 3.14. The largest absolute Gasteiger partial charge is 0.350 e. The van der Waals surface area contributed by atoms with Crippen LogP contribution in [0, 0.1) is 0 Å². The zero-order chi connectivity index (χ0) is 17.9. The van der Waals surface area contributed by atoms with Crippen LogP contribution in [0.3, 0.4) is 0 Å². The predicted molar refractivity (Wildman–Crippen MR) is 101 cm³/mol. The fourth-order valence-electron chi connectivity index (χ4n) is 3.14. The number of nitrogens with one attached hydrogen (secondary N) is 2. The number of aromatic amines is 1. The molecule has 0 aliphatic heterocycles. The number of para-hydroxylation sites is 1. The van der Waals surface area contributed by atoms with Gasteiger partial charge in [0, 0.05) is 48.6 Å². The van der Waals surface area contributed by atoms with E-state index in [0.29, 0.717) is 12.2 Å². The van der Waals surface area contributed by atoms with Crippen molar-refractivity contribution < 1.29 is 4.79 Å². The van der Waals surface area contributed by atoms with Crippen LogP contribution in [-0.2, 0) is 13.5 Å². The zero-order valence-electron chi connectivity index (χ0n) is 14.4. The minimum Gasteiger partial charge on any atom is -0.350 e. The van der Waals surface area contributed by atoms with Gasteiger partial charge < -0.3 is 9.88 Å². The van der Waals surface area contributed by atoms with Crippen LogP contribution in [-0.4, -0.2) is 32.2 Å². The van der Waals surface area contributed by atoms with Gasteiger partial charge in [-0.25, -0.2) is 0 Å². The Hall–Kier alpha value is -3.41. The van der Waals surface area contributed by atoms with Gasteiger partial charge >= 0.3 is 0 Å². The van der Waals surface area contributed by atoms with Crippen molar-refractivity contribution in [2.24, 2.45) is 7.05 Å². The number of pyridine rings is 1. The molecule has 3 heterocycles. The highest BCUT2D eigenvalue weighted by atomic mass is 16.1. The van der Waals surface area contributed by atoms with Crippen molar-refractivity contribution in [2.45, 2.75) is 6.42 Å². The number of fused-ring (bicyclic) bond motifs is 1. The van der Waals surface area contributed by atoms with E-state index in [9.17, 15) is 4.79 Å². The second-order valence-corrected chi connectivity index (χ2v) is 6.19. The third-order valence-corrected chi connectivity index (χ3v) is 4.46. The number of carbonyl (C=O) groups is 1. The van der Waals surface area contributed by atoms with Gasteiger partial charge in [-0.15, -0.1) is 0 Å². The molecule has 26 heavy (non-hydrogen) atoms. The van der Waals surface area contributed by atoms with E-state index in [1.165, 1.54) is 16.5 Å². The highest BCUT2D eigenvalue weighted by molar-refractivity contribution is 5.93. The second-order valence-electron chi connectivity index (χ2n) is 6.19. The Morgan fingerprint density at radius 2 is 2.00 bits per heavy atom. The maximum Gasteiger partial charge on any atom is 0.269 e. The normalized spacial score (nSPS) is 11.0. The summed E-state index contributed by atoms with van der Waals surface area (Å²) < 4.78 is 2.11. The molecule has 4 rings (SSSR count). The first kappa shape index (κ1) is 16.1. The van der Waals surface area contributed by atoms with E-state index in [2.05, 4.69) is 43.4 Å². The van der Waals surface area contributed by atoms with Gasteiger partial charge in [0.05, 0.1) is 5.69 Å². The molecule has 0 bridgehead atoms. The summed E-state index contributed by atoms with van der Waals surface area (Å²) in [5.74, 6) is -0.155. The van der Waals surface area contributed by atoms with Gasteiger partial charge in [-0.3, -0.25) is 14.9 Å². The second kappa shape index (κ2) is 6.84. The molecule has 6 heteroatoms. The van der Waals surface area contributed by atoms with Crippen molar-refractivity contribution in [1.82, 2.24) is 25.1 Å². The molecule has 0 saturated heterocycles. The van der Waals surface area contributed by atoms with Crippen molar-refractivity contribution in [3.8, 4) is 11.3 Å². The average molecular weight is 345 g/mol. The molecular formula is C20H19N5O. The van der Waals surface area contributed by atoms with Crippen molar-refractivity contribution in [1.29, 1.82) is 0 Å². The van der Waals surface area contributed by atoms with E-state index < -0.39 is 0 Å². The first-order chi connectivity index (χ1) is 12.7. The zero-order valence-corrected chi connectivity index (χ0v) is 14.4.